The maximum Gasteiger partial charge on any atom is 0.410 e. The van der Waals surface area contributed by atoms with Gasteiger partial charge in [-0.15, -0.1) is 0 Å². The fraction of sp³-hybridized carbons (Fsp3) is 0.364. The fourth-order valence-corrected chi connectivity index (χ4v) is 5.21. The van der Waals surface area contributed by atoms with Crippen LogP contribution in [0.1, 0.15) is 36.3 Å². The smallest absolute Gasteiger partial charge is 0.410 e. The Labute approximate surface area is 157 Å². The van der Waals surface area contributed by atoms with Crippen LogP contribution in [0.2, 0.25) is 0 Å². The zero-order valence-corrected chi connectivity index (χ0v) is 14.9. The Morgan fingerprint density at radius 2 is 1.63 bits per heavy atom. The molecule has 0 aromatic heterocycles. The third-order valence-electron chi connectivity index (χ3n) is 6.40. The molecule has 5 rings (SSSR count). The van der Waals surface area contributed by atoms with Crippen LogP contribution in [-0.2, 0) is 9.53 Å². The molecule has 2 bridgehead atoms. The minimum Gasteiger partial charge on any atom is -0.481 e. The first-order valence-corrected chi connectivity index (χ1v) is 9.51. The summed E-state index contributed by atoms with van der Waals surface area (Å²) in [7, 11) is 0. The van der Waals surface area contributed by atoms with Gasteiger partial charge in [0.15, 0.2) is 0 Å². The Balaban J connectivity index is 1.35. The highest BCUT2D eigenvalue weighted by atomic mass is 16.6. The molecule has 1 aliphatic carbocycles. The second-order valence-corrected chi connectivity index (χ2v) is 7.69. The van der Waals surface area contributed by atoms with Crippen molar-refractivity contribution in [2.75, 3.05) is 6.61 Å². The Bertz CT molecular complexity index is 879. The van der Waals surface area contributed by atoms with E-state index < -0.39 is 11.9 Å². The summed E-state index contributed by atoms with van der Waals surface area (Å²) in [6.07, 6.45) is 1.81. The quantitative estimate of drug-likeness (QED) is 0.899. The number of amides is 1. The molecule has 2 aromatic rings. The Kier molecular flexibility index (Phi) is 3.71. The van der Waals surface area contributed by atoms with Crippen molar-refractivity contribution in [3.63, 3.8) is 0 Å². The molecule has 2 aliphatic heterocycles. The van der Waals surface area contributed by atoms with E-state index in [0.717, 1.165) is 12.8 Å². The molecular formula is C22H21NO4. The number of carbonyl (C=O) groups excluding carboxylic acids is 1. The van der Waals surface area contributed by atoms with Crippen LogP contribution in [0.3, 0.4) is 0 Å². The number of carboxylic acids is 1. The van der Waals surface area contributed by atoms with Crippen LogP contribution in [0, 0.1) is 5.92 Å². The molecule has 2 fully saturated rings. The number of rotatable bonds is 3. The van der Waals surface area contributed by atoms with Crippen LogP contribution in [0.4, 0.5) is 4.79 Å². The van der Waals surface area contributed by atoms with E-state index in [2.05, 4.69) is 24.3 Å². The molecule has 0 spiro atoms. The lowest BCUT2D eigenvalue weighted by atomic mass is 9.89. The number of nitrogens with zero attached hydrogens (tertiary/aromatic N) is 1. The molecule has 5 heteroatoms. The van der Waals surface area contributed by atoms with E-state index >= 15 is 0 Å². The van der Waals surface area contributed by atoms with Gasteiger partial charge < -0.3 is 14.7 Å². The lowest BCUT2D eigenvalue weighted by Crippen LogP contribution is -2.38. The normalized spacial score (nSPS) is 25.3. The van der Waals surface area contributed by atoms with Crippen molar-refractivity contribution < 1.29 is 19.4 Å². The molecular weight excluding hydrogens is 342 g/mol. The van der Waals surface area contributed by atoms with Gasteiger partial charge in [-0.1, -0.05) is 48.5 Å². The van der Waals surface area contributed by atoms with Gasteiger partial charge >= 0.3 is 12.1 Å². The van der Waals surface area contributed by atoms with Crippen molar-refractivity contribution in [3.8, 4) is 11.1 Å². The molecule has 0 radical (unpaired) electrons. The third kappa shape index (κ3) is 2.45. The van der Waals surface area contributed by atoms with E-state index in [1.807, 2.05) is 24.3 Å². The molecule has 0 saturated carbocycles. The van der Waals surface area contributed by atoms with Crippen LogP contribution in [0.25, 0.3) is 11.1 Å². The van der Waals surface area contributed by atoms with Crippen LogP contribution < -0.4 is 0 Å². The van der Waals surface area contributed by atoms with Gasteiger partial charge in [0.1, 0.15) is 6.61 Å². The van der Waals surface area contributed by atoms with Crippen molar-refractivity contribution in [1.29, 1.82) is 0 Å². The SMILES string of the molecule is O=C(O)[C@H]1C[C@H]2CC[C@@H]1N2C(=O)OCC1c2ccccc2-c2ccccc21. The number of ether oxygens (including phenoxy) is 1. The Morgan fingerprint density at radius 3 is 2.22 bits per heavy atom. The molecule has 0 unspecified atom stereocenters. The summed E-state index contributed by atoms with van der Waals surface area (Å²) < 4.78 is 5.73. The molecule has 3 aliphatic rings. The van der Waals surface area contributed by atoms with E-state index in [9.17, 15) is 14.7 Å². The van der Waals surface area contributed by atoms with Crippen molar-refractivity contribution >= 4 is 12.1 Å². The Hall–Kier alpha value is -2.82. The average Bonchev–Trinajstić information content (AvgIpc) is 3.36. The van der Waals surface area contributed by atoms with Crippen LogP contribution in [0.15, 0.2) is 48.5 Å². The molecule has 1 amide bonds. The van der Waals surface area contributed by atoms with Gasteiger partial charge in [-0.3, -0.25) is 4.79 Å². The zero-order valence-electron chi connectivity index (χ0n) is 14.9. The number of aliphatic carboxylic acids is 1. The molecule has 3 atom stereocenters. The van der Waals surface area contributed by atoms with E-state index in [-0.39, 0.29) is 30.7 Å². The summed E-state index contributed by atoms with van der Waals surface area (Å²) in [5.41, 5.74) is 4.75. The number of benzene rings is 2. The minimum absolute atomic E-state index is 0.00625. The maximum absolute atomic E-state index is 12.8. The van der Waals surface area contributed by atoms with Gasteiger partial charge in [-0.2, -0.15) is 0 Å². The van der Waals surface area contributed by atoms with Gasteiger partial charge in [-0.25, -0.2) is 4.79 Å². The second kappa shape index (κ2) is 6.12. The second-order valence-electron chi connectivity index (χ2n) is 7.69. The lowest BCUT2D eigenvalue weighted by molar-refractivity contribution is -0.142. The summed E-state index contributed by atoms with van der Waals surface area (Å²) in [6.45, 7) is 0.278. The summed E-state index contributed by atoms with van der Waals surface area (Å²) in [4.78, 5) is 25.9. The number of hydrogen-bond donors (Lipinski definition) is 1. The van der Waals surface area contributed by atoms with Crippen LogP contribution in [0.5, 0.6) is 0 Å². The first-order chi connectivity index (χ1) is 13.1. The highest BCUT2D eigenvalue weighted by molar-refractivity contribution is 5.79. The maximum atomic E-state index is 12.8. The zero-order chi connectivity index (χ0) is 18.5. The van der Waals surface area contributed by atoms with Crippen molar-refractivity contribution in [2.24, 2.45) is 5.92 Å². The minimum atomic E-state index is -0.807. The molecule has 138 valence electrons. The lowest BCUT2D eigenvalue weighted by Gasteiger charge is -2.23. The first-order valence-electron chi connectivity index (χ1n) is 9.51. The van der Waals surface area contributed by atoms with Gasteiger partial charge in [0.05, 0.1) is 5.92 Å². The first kappa shape index (κ1) is 16.4. The standard InChI is InChI=1S/C22H21NO4/c24-21(25)18-11-13-9-10-20(18)23(13)22(26)27-12-19-16-7-3-1-5-14(16)15-6-2-4-8-17(15)19/h1-8,13,18-20H,9-12H2,(H,24,25)/t13-,18+,20+/m1/s1. The van der Waals surface area contributed by atoms with Crippen molar-refractivity contribution in [1.82, 2.24) is 4.90 Å². The van der Waals surface area contributed by atoms with E-state index in [0.29, 0.717) is 6.42 Å². The molecule has 2 saturated heterocycles. The predicted octanol–water partition coefficient (Wildman–Crippen LogP) is 3.87. The van der Waals surface area contributed by atoms with Gasteiger partial charge in [0.25, 0.3) is 0 Å². The highest BCUT2D eigenvalue weighted by Gasteiger charge is 2.52. The number of hydrogen-bond acceptors (Lipinski definition) is 3. The third-order valence-corrected chi connectivity index (χ3v) is 6.40. The van der Waals surface area contributed by atoms with Crippen LogP contribution in [-0.4, -0.2) is 40.8 Å². The van der Waals surface area contributed by atoms with Crippen molar-refractivity contribution in [2.45, 2.75) is 37.3 Å². The van der Waals surface area contributed by atoms with E-state index in [4.69, 9.17) is 4.74 Å². The van der Waals surface area contributed by atoms with Gasteiger partial charge in [0, 0.05) is 18.0 Å². The Morgan fingerprint density at radius 1 is 1.00 bits per heavy atom. The molecule has 2 heterocycles. The predicted molar refractivity (Wildman–Crippen MR) is 99.5 cm³/mol. The fourth-order valence-electron chi connectivity index (χ4n) is 5.21. The van der Waals surface area contributed by atoms with Crippen LogP contribution >= 0.6 is 0 Å². The molecule has 5 nitrogen and oxygen atoms in total. The number of fused-ring (bicyclic) bond motifs is 5. The average molecular weight is 363 g/mol. The monoisotopic (exact) mass is 363 g/mol. The number of carboxylic acid groups (broad SMARTS) is 1. The highest BCUT2D eigenvalue weighted by Crippen LogP contribution is 2.45. The summed E-state index contributed by atoms with van der Waals surface area (Å²) in [5.74, 6) is -1.24. The van der Waals surface area contributed by atoms with Crippen molar-refractivity contribution in [3.05, 3.63) is 59.7 Å². The molecule has 2 aromatic carbocycles. The van der Waals surface area contributed by atoms with E-state index in [1.165, 1.54) is 22.3 Å². The topological polar surface area (TPSA) is 66.8 Å². The number of carbonyl (C=O) groups is 2. The summed E-state index contributed by atoms with van der Waals surface area (Å²) in [5, 5.41) is 9.38. The van der Waals surface area contributed by atoms with Gasteiger partial charge in [0.2, 0.25) is 0 Å². The largest absolute Gasteiger partial charge is 0.481 e. The van der Waals surface area contributed by atoms with Gasteiger partial charge in [-0.05, 0) is 41.5 Å². The van der Waals surface area contributed by atoms with E-state index in [1.54, 1.807) is 4.90 Å². The molecule has 27 heavy (non-hydrogen) atoms. The summed E-state index contributed by atoms with van der Waals surface area (Å²) >= 11 is 0. The molecule has 1 N–H and O–H groups in total. The summed E-state index contributed by atoms with van der Waals surface area (Å²) in [6, 6.07) is 16.3.